The molecule has 0 saturated heterocycles. The normalized spacial score (nSPS) is 16.1. The lowest BCUT2D eigenvalue weighted by molar-refractivity contribution is -0.121. The maximum Gasteiger partial charge on any atom is 0.240 e. The van der Waals surface area contributed by atoms with E-state index < -0.39 is 0 Å². The number of rotatable bonds is 2. The second kappa shape index (κ2) is 4.70. The van der Waals surface area contributed by atoms with Gasteiger partial charge in [0, 0.05) is 12.8 Å². The maximum absolute atomic E-state index is 12.6. The van der Waals surface area contributed by atoms with Crippen molar-refractivity contribution in [3.63, 3.8) is 0 Å². The molecule has 82 valence electrons. The Morgan fingerprint density at radius 2 is 1.94 bits per heavy atom. The summed E-state index contributed by atoms with van der Waals surface area (Å²) in [7, 11) is 0. The number of nitrogens with zero attached hydrogens (tertiary/aromatic N) is 1. The summed E-state index contributed by atoms with van der Waals surface area (Å²) in [4.78, 5) is 10.8. The summed E-state index contributed by atoms with van der Waals surface area (Å²) in [5.74, 6) is -0.307. The Hall–Kier alpha value is -1.97. The molecule has 0 aromatic heterocycles. The molecule has 4 heteroatoms. The van der Waals surface area contributed by atoms with Gasteiger partial charge in [0.25, 0.3) is 0 Å². The predicted molar refractivity (Wildman–Crippen MR) is 60.2 cm³/mol. The van der Waals surface area contributed by atoms with Crippen LogP contribution in [-0.4, -0.2) is 11.6 Å². The minimum absolute atomic E-state index is 0.0565. The Labute approximate surface area is 92.7 Å². The topological polar surface area (TPSA) is 41.5 Å². The number of benzene rings is 1. The van der Waals surface area contributed by atoms with Gasteiger partial charge in [-0.3, -0.25) is 4.79 Å². The molecular formula is C12H11FN2O. The fourth-order valence-corrected chi connectivity index (χ4v) is 1.37. The first kappa shape index (κ1) is 10.5. The van der Waals surface area contributed by atoms with E-state index >= 15 is 0 Å². The van der Waals surface area contributed by atoms with E-state index in [1.807, 2.05) is 12.2 Å². The summed E-state index contributed by atoms with van der Waals surface area (Å²) in [5, 5.41) is 3.90. The highest BCUT2D eigenvalue weighted by atomic mass is 19.1. The number of carbonyl (C=O) groups is 1. The number of hydrogen-bond acceptors (Lipinski definition) is 2. The van der Waals surface area contributed by atoms with Gasteiger partial charge in [0.05, 0.1) is 5.71 Å². The fraction of sp³-hybridized carbons (Fsp3) is 0.167. The molecule has 1 aromatic rings. The van der Waals surface area contributed by atoms with Gasteiger partial charge in [-0.1, -0.05) is 18.2 Å². The molecule has 0 fully saturated rings. The van der Waals surface area contributed by atoms with Crippen molar-refractivity contribution in [1.29, 1.82) is 0 Å². The number of carbonyl (C=O) groups excluding carboxylic acids is 1. The highest BCUT2D eigenvalue weighted by Crippen LogP contribution is 2.07. The molecule has 0 bridgehead atoms. The summed E-state index contributed by atoms with van der Waals surface area (Å²) in [6, 6.07) is 6.19. The zero-order valence-electron chi connectivity index (χ0n) is 8.61. The van der Waals surface area contributed by atoms with Crippen molar-refractivity contribution in [3.8, 4) is 0 Å². The lowest BCUT2D eigenvalue weighted by Gasteiger charge is -2.07. The van der Waals surface area contributed by atoms with Gasteiger partial charge in [-0.2, -0.15) is 5.10 Å². The molecule has 3 nitrogen and oxygen atoms in total. The highest BCUT2D eigenvalue weighted by Gasteiger charge is 2.08. The van der Waals surface area contributed by atoms with Crippen LogP contribution < -0.4 is 5.43 Å². The van der Waals surface area contributed by atoms with Gasteiger partial charge in [0.1, 0.15) is 5.82 Å². The summed E-state index contributed by atoms with van der Waals surface area (Å²) in [6.07, 6.45) is 4.78. The largest absolute Gasteiger partial charge is 0.273 e. The molecule has 1 amide bonds. The van der Waals surface area contributed by atoms with Crippen LogP contribution in [0.2, 0.25) is 0 Å². The Balaban J connectivity index is 2.04. The van der Waals surface area contributed by atoms with Crippen molar-refractivity contribution in [1.82, 2.24) is 5.43 Å². The molecule has 16 heavy (non-hydrogen) atoms. The molecule has 0 radical (unpaired) electrons. The van der Waals surface area contributed by atoms with E-state index in [0.717, 1.165) is 11.3 Å². The summed E-state index contributed by atoms with van der Waals surface area (Å²) in [6.45, 7) is 0. The molecule has 0 aliphatic carbocycles. The molecule has 0 saturated carbocycles. The van der Waals surface area contributed by atoms with Gasteiger partial charge in [-0.05, 0) is 23.8 Å². The van der Waals surface area contributed by atoms with E-state index in [1.165, 1.54) is 12.1 Å². The van der Waals surface area contributed by atoms with Crippen LogP contribution in [0.3, 0.4) is 0 Å². The number of allylic oxidation sites excluding steroid dienone is 1. The Morgan fingerprint density at radius 1 is 1.19 bits per heavy atom. The second-order valence-corrected chi connectivity index (χ2v) is 3.52. The molecule has 1 aromatic carbocycles. The number of nitrogens with one attached hydrogen (secondary N) is 1. The van der Waals surface area contributed by atoms with Gasteiger partial charge >= 0.3 is 0 Å². The van der Waals surface area contributed by atoms with E-state index in [0.29, 0.717) is 12.8 Å². The monoisotopic (exact) mass is 218 g/mol. The minimum Gasteiger partial charge on any atom is -0.273 e. The minimum atomic E-state index is -0.251. The molecule has 0 unspecified atom stereocenters. The van der Waals surface area contributed by atoms with Crippen molar-refractivity contribution in [2.75, 3.05) is 0 Å². The number of halogens is 1. The third kappa shape index (κ3) is 2.76. The first-order valence-corrected chi connectivity index (χ1v) is 5.03. The third-order valence-electron chi connectivity index (χ3n) is 2.27. The lowest BCUT2D eigenvalue weighted by atomic mass is 10.1. The average Bonchev–Trinajstić information content (AvgIpc) is 2.30. The fourth-order valence-electron chi connectivity index (χ4n) is 1.37. The quantitative estimate of drug-likeness (QED) is 0.811. The lowest BCUT2D eigenvalue weighted by Crippen LogP contribution is -2.24. The Bertz CT molecular complexity index is 449. The van der Waals surface area contributed by atoms with Crippen molar-refractivity contribution in [3.05, 3.63) is 41.7 Å². The zero-order chi connectivity index (χ0) is 11.4. The van der Waals surface area contributed by atoms with Crippen LogP contribution in [0.4, 0.5) is 4.39 Å². The van der Waals surface area contributed by atoms with E-state index in [2.05, 4.69) is 10.5 Å². The third-order valence-corrected chi connectivity index (χ3v) is 2.27. The van der Waals surface area contributed by atoms with E-state index in [1.54, 1.807) is 12.1 Å². The molecule has 0 atom stereocenters. The van der Waals surface area contributed by atoms with Gasteiger partial charge in [0.15, 0.2) is 0 Å². The van der Waals surface area contributed by atoms with Crippen LogP contribution in [0.5, 0.6) is 0 Å². The smallest absolute Gasteiger partial charge is 0.240 e. The van der Waals surface area contributed by atoms with Crippen LogP contribution in [-0.2, 0) is 4.79 Å². The second-order valence-electron chi connectivity index (χ2n) is 3.52. The summed E-state index contributed by atoms with van der Waals surface area (Å²) in [5.41, 5.74) is 4.14. The number of hydrogen-bond donors (Lipinski definition) is 1. The highest BCUT2D eigenvalue weighted by molar-refractivity contribution is 6.02. The first-order valence-electron chi connectivity index (χ1n) is 5.03. The summed E-state index contributed by atoms with van der Waals surface area (Å²) >= 11 is 0. The standard InChI is InChI=1S/C12H11FN2O/c13-10-4-1-9(2-5-10)3-6-11-7-8-12(16)15-14-11/h1-6H,7-8H2,(H,15,16). The van der Waals surface area contributed by atoms with Gasteiger partial charge in [-0.15, -0.1) is 0 Å². The first-order chi connectivity index (χ1) is 7.74. The van der Waals surface area contributed by atoms with Crippen molar-refractivity contribution < 1.29 is 9.18 Å². The average molecular weight is 218 g/mol. The Kier molecular flexibility index (Phi) is 3.10. The van der Waals surface area contributed by atoms with Gasteiger partial charge in [0.2, 0.25) is 5.91 Å². The van der Waals surface area contributed by atoms with Crippen LogP contribution in [0, 0.1) is 5.82 Å². The molecule has 1 aliphatic rings. The maximum atomic E-state index is 12.6. The van der Waals surface area contributed by atoms with Crippen LogP contribution in [0.15, 0.2) is 35.4 Å². The predicted octanol–water partition coefficient (Wildman–Crippen LogP) is 2.10. The number of hydrazone groups is 1. The molecule has 1 heterocycles. The van der Waals surface area contributed by atoms with Crippen LogP contribution in [0.25, 0.3) is 6.08 Å². The summed E-state index contributed by atoms with van der Waals surface area (Å²) < 4.78 is 12.6. The van der Waals surface area contributed by atoms with E-state index in [4.69, 9.17) is 0 Å². The number of amides is 1. The van der Waals surface area contributed by atoms with Crippen LogP contribution >= 0.6 is 0 Å². The zero-order valence-corrected chi connectivity index (χ0v) is 8.61. The van der Waals surface area contributed by atoms with E-state index in [9.17, 15) is 9.18 Å². The SMILES string of the molecule is O=C1CCC(C=Cc2ccc(F)cc2)=NN1. The van der Waals surface area contributed by atoms with E-state index in [-0.39, 0.29) is 11.7 Å². The van der Waals surface area contributed by atoms with Gasteiger partial charge < -0.3 is 0 Å². The molecular weight excluding hydrogens is 207 g/mol. The molecule has 1 aliphatic heterocycles. The van der Waals surface area contributed by atoms with Crippen molar-refractivity contribution in [2.24, 2.45) is 5.10 Å². The van der Waals surface area contributed by atoms with Gasteiger partial charge in [-0.25, -0.2) is 9.82 Å². The van der Waals surface area contributed by atoms with Crippen molar-refractivity contribution >= 4 is 17.7 Å². The van der Waals surface area contributed by atoms with Crippen LogP contribution in [0.1, 0.15) is 18.4 Å². The molecule has 1 N–H and O–H groups in total. The van der Waals surface area contributed by atoms with Crippen molar-refractivity contribution in [2.45, 2.75) is 12.8 Å². The molecule has 0 spiro atoms. The molecule has 2 rings (SSSR count). The Morgan fingerprint density at radius 3 is 2.56 bits per heavy atom.